The van der Waals surface area contributed by atoms with Crippen LogP contribution in [-0.2, 0) is 12.8 Å². The normalized spacial score (nSPS) is 14.0. The summed E-state index contributed by atoms with van der Waals surface area (Å²) in [5, 5.41) is 1.25. The smallest absolute Gasteiger partial charge is 0.134 e. The molecule has 0 bridgehead atoms. The number of aryl methyl sites for hydroxylation is 2. The summed E-state index contributed by atoms with van der Waals surface area (Å²) in [7, 11) is 0. The molecule has 1 nitrogen and oxygen atoms in total. The summed E-state index contributed by atoms with van der Waals surface area (Å²) in [6.45, 7) is 0. The monoisotopic (exact) mass is 234 g/mol. The molecule has 0 fully saturated rings. The van der Waals surface area contributed by atoms with Crippen molar-refractivity contribution in [2.45, 2.75) is 19.3 Å². The van der Waals surface area contributed by atoms with Gasteiger partial charge in [0, 0.05) is 10.9 Å². The van der Waals surface area contributed by atoms with Crippen molar-refractivity contribution in [1.29, 1.82) is 0 Å². The molecule has 2 aromatic carbocycles. The van der Waals surface area contributed by atoms with Gasteiger partial charge in [0.2, 0.25) is 0 Å². The Hall–Kier alpha value is -2.02. The van der Waals surface area contributed by atoms with Crippen LogP contribution in [0.3, 0.4) is 0 Å². The molecule has 1 aromatic heterocycles. The molecule has 0 amide bonds. The van der Waals surface area contributed by atoms with Gasteiger partial charge in [0.15, 0.2) is 0 Å². The van der Waals surface area contributed by atoms with Gasteiger partial charge in [-0.05, 0) is 48.1 Å². The van der Waals surface area contributed by atoms with Gasteiger partial charge < -0.3 is 4.42 Å². The molecule has 1 aliphatic rings. The first kappa shape index (κ1) is 9.95. The molecule has 3 aromatic rings. The molecule has 18 heavy (non-hydrogen) atoms. The van der Waals surface area contributed by atoms with Crippen LogP contribution < -0.4 is 0 Å². The van der Waals surface area contributed by atoms with E-state index in [-0.39, 0.29) is 0 Å². The van der Waals surface area contributed by atoms with E-state index in [0.29, 0.717) is 0 Å². The number of hydrogen-bond acceptors (Lipinski definition) is 1. The predicted molar refractivity (Wildman–Crippen MR) is 73.7 cm³/mol. The van der Waals surface area contributed by atoms with E-state index in [0.717, 1.165) is 5.58 Å². The molecule has 88 valence electrons. The highest BCUT2D eigenvalue weighted by Crippen LogP contribution is 2.34. The van der Waals surface area contributed by atoms with Crippen molar-refractivity contribution in [2.24, 2.45) is 0 Å². The largest absolute Gasteiger partial charge is 0.464 e. The maximum absolute atomic E-state index is 5.73. The quantitative estimate of drug-likeness (QED) is 0.600. The number of fused-ring (bicyclic) bond motifs is 2. The lowest BCUT2D eigenvalue weighted by Crippen LogP contribution is -1.82. The second-order valence-electron chi connectivity index (χ2n) is 4.99. The third-order valence-electron chi connectivity index (χ3n) is 3.87. The average molecular weight is 234 g/mol. The van der Waals surface area contributed by atoms with E-state index in [9.17, 15) is 0 Å². The molecule has 0 radical (unpaired) electrons. The topological polar surface area (TPSA) is 13.1 Å². The van der Waals surface area contributed by atoms with Crippen LogP contribution in [0.2, 0.25) is 0 Å². The van der Waals surface area contributed by atoms with Gasteiger partial charge in [0.1, 0.15) is 5.58 Å². The molecule has 0 N–H and O–H groups in total. The fraction of sp³-hybridized carbons (Fsp3) is 0.176. The molecule has 0 saturated heterocycles. The van der Waals surface area contributed by atoms with Crippen LogP contribution in [0.4, 0.5) is 0 Å². The van der Waals surface area contributed by atoms with Crippen LogP contribution >= 0.6 is 0 Å². The first-order valence-electron chi connectivity index (χ1n) is 6.50. The Morgan fingerprint density at radius 2 is 1.67 bits per heavy atom. The fourth-order valence-corrected chi connectivity index (χ4v) is 2.94. The Morgan fingerprint density at radius 3 is 2.50 bits per heavy atom. The van der Waals surface area contributed by atoms with E-state index in [2.05, 4.69) is 36.4 Å². The number of hydrogen-bond donors (Lipinski definition) is 0. The van der Waals surface area contributed by atoms with E-state index in [1.54, 1.807) is 0 Å². The zero-order valence-electron chi connectivity index (χ0n) is 10.1. The zero-order valence-corrected chi connectivity index (χ0v) is 10.1. The van der Waals surface area contributed by atoms with Gasteiger partial charge in [0.25, 0.3) is 0 Å². The molecular formula is C17H14O. The van der Waals surface area contributed by atoms with Gasteiger partial charge in [0.05, 0.1) is 6.26 Å². The summed E-state index contributed by atoms with van der Waals surface area (Å²) < 4.78 is 5.73. The zero-order chi connectivity index (χ0) is 11.9. The third-order valence-corrected chi connectivity index (χ3v) is 3.87. The van der Waals surface area contributed by atoms with Crippen LogP contribution in [-0.4, -0.2) is 0 Å². The lowest BCUT2D eigenvalue weighted by molar-refractivity contribution is 0.616. The van der Waals surface area contributed by atoms with E-state index < -0.39 is 0 Å². The Labute approximate surface area is 106 Å². The summed E-state index contributed by atoms with van der Waals surface area (Å²) in [4.78, 5) is 0. The minimum Gasteiger partial charge on any atom is -0.464 e. The minimum absolute atomic E-state index is 1.02. The number of rotatable bonds is 1. The molecule has 0 saturated carbocycles. The van der Waals surface area contributed by atoms with E-state index in [1.165, 1.54) is 46.9 Å². The van der Waals surface area contributed by atoms with Crippen molar-refractivity contribution < 1.29 is 4.42 Å². The van der Waals surface area contributed by atoms with Crippen LogP contribution in [0.15, 0.2) is 53.1 Å². The van der Waals surface area contributed by atoms with Gasteiger partial charge in [-0.15, -0.1) is 0 Å². The molecule has 4 rings (SSSR count). The molecule has 1 heteroatoms. The van der Waals surface area contributed by atoms with Gasteiger partial charge in [-0.25, -0.2) is 0 Å². The summed E-state index contributed by atoms with van der Waals surface area (Å²) in [5.41, 5.74) is 6.43. The highest BCUT2D eigenvalue weighted by atomic mass is 16.3. The Kier molecular flexibility index (Phi) is 2.07. The Bertz CT molecular complexity index is 707. The lowest BCUT2D eigenvalue weighted by Gasteiger charge is -2.01. The minimum atomic E-state index is 1.02. The van der Waals surface area contributed by atoms with Crippen molar-refractivity contribution in [2.75, 3.05) is 0 Å². The van der Waals surface area contributed by atoms with Gasteiger partial charge in [-0.1, -0.05) is 30.3 Å². The van der Waals surface area contributed by atoms with Crippen LogP contribution in [0.1, 0.15) is 17.5 Å². The van der Waals surface area contributed by atoms with Crippen molar-refractivity contribution >= 4 is 11.0 Å². The SMILES string of the molecule is c1ccc(-c2coc3cc4c(cc23)CCC4)cc1. The first-order chi connectivity index (χ1) is 8.92. The standard InChI is InChI=1S/C17H14O/c1-2-5-12(6-3-1)16-11-18-17-10-14-8-4-7-13(14)9-15(16)17/h1-3,5-6,9-11H,4,7-8H2. The molecule has 0 aliphatic heterocycles. The molecule has 0 atom stereocenters. The molecule has 1 aliphatic carbocycles. The third kappa shape index (κ3) is 1.40. The molecular weight excluding hydrogens is 220 g/mol. The maximum Gasteiger partial charge on any atom is 0.134 e. The Balaban J connectivity index is 1.98. The highest BCUT2D eigenvalue weighted by Gasteiger charge is 2.15. The van der Waals surface area contributed by atoms with Gasteiger partial charge in [-0.2, -0.15) is 0 Å². The number of furan rings is 1. The van der Waals surface area contributed by atoms with E-state index in [1.807, 2.05) is 12.3 Å². The molecule has 0 unspecified atom stereocenters. The van der Waals surface area contributed by atoms with Crippen molar-refractivity contribution in [1.82, 2.24) is 0 Å². The van der Waals surface area contributed by atoms with Gasteiger partial charge in [-0.3, -0.25) is 0 Å². The summed E-state index contributed by atoms with van der Waals surface area (Å²) in [5.74, 6) is 0. The van der Waals surface area contributed by atoms with Crippen LogP contribution in [0, 0.1) is 0 Å². The summed E-state index contributed by atoms with van der Waals surface area (Å²) in [6, 6.07) is 15.0. The van der Waals surface area contributed by atoms with Crippen molar-refractivity contribution in [3.05, 3.63) is 59.9 Å². The molecule has 0 spiro atoms. The Morgan fingerprint density at radius 1 is 0.889 bits per heavy atom. The van der Waals surface area contributed by atoms with Crippen LogP contribution in [0.5, 0.6) is 0 Å². The highest BCUT2D eigenvalue weighted by molar-refractivity contribution is 5.94. The number of benzene rings is 2. The first-order valence-corrected chi connectivity index (χ1v) is 6.50. The van der Waals surface area contributed by atoms with E-state index >= 15 is 0 Å². The lowest BCUT2D eigenvalue weighted by atomic mass is 10.0. The van der Waals surface area contributed by atoms with E-state index in [4.69, 9.17) is 4.42 Å². The second-order valence-corrected chi connectivity index (χ2v) is 4.99. The second kappa shape index (κ2) is 3.74. The van der Waals surface area contributed by atoms with Crippen molar-refractivity contribution in [3.8, 4) is 11.1 Å². The fourth-order valence-electron chi connectivity index (χ4n) is 2.94. The predicted octanol–water partition coefficient (Wildman–Crippen LogP) is 4.59. The van der Waals surface area contributed by atoms with Crippen LogP contribution in [0.25, 0.3) is 22.1 Å². The summed E-state index contributed by atoms with van der Waals surface area (Å²) >= 11 is 0. The summed E-state index contributed by atoms with van der Waals surface area (Å²) in [6.07, 6.45) is 5.58. The van der Waals surface area contributed by atoms with Crippen molar-refractivity contribution in [3.63, 3.8) is 0 Å². The van der Waals surface area contributed by atoms with Gasteiger partial charge >= 0.3 is 0 Å². The average Bonchev–Trinajstić information content (AvgIpc) is 3.02. The molecule has 1 heterocycles. The maximum atomic E-state index is 5.73.